The van der Waals surface area contributed by atoms with Gasteiger partial charge in [-0.15, -0.1) is 0 Å². The fraction of sp³-hybridized carbons (Fsp3) is 0.846. The van der Waals surface area contributed by atoms with Crippen molar-refractivity contribution in [3.63, 3.8) is 0 Å². The molecule has 0 aromatic carbocycles. The molecule has 6 heteroatoms. The molecule has 0 saturated carbocycles. The topological polar surface area (TPSA) is 61.9 Å². The summed E-state index contributed by atoms with van der Waals surface area (Å²) < 4.78 is 5.26. The van der Waals surface area contributed by atoms with Crippen LogP contribution < -0.4 is 5.32 Å². The van der Waals surface area contributed by atoms with Gasteiger partial charge >= 0.3 is 6.09 Å². The number of carbonyl (C=O) groups is 2. The Hall–Kier alpha value is -1.30. The largest absolute Gasteiger partial charge is 0.444 e. The highest BCUT2D eigenvalue weighted by Gasteiger charge is 2.25. The monoisotopic (exact) mass is 271 g/mol. The highest BCUT2D eigenvalue weighted by atomic mass is 16.6. The summed E-state index contributed by atoms with van der Waals surface area (Å²) in [7, 11) is 1.68. The van der Waals surface area contributed by atoms with Crippen LogP contribution in [0.1, 0.15) is 27.7 Å². The van der Waals surface area contributed by atoms with Crippen LogP contribution in [0.3, 0.4) is 0 Å². The average Bonchev–Trinajstić information content (AvgIpc) is 2.28. The van der Waals surface area contributed by atoms with Gasteiger partial charge < -0.3 is 19.9 Å². The third kappa shape index (κ3) is 5.06. The minimum atomic E-state index is -0.495. The summed E-state index contributed by atoms with van der Waals surface area (Å²) in [5.41, 5.74) is -0.495. The Bertz CT molecular complexity index is 339. The molecule has 1 fully saturated rings. The molecule has 110 valence electrons. The lowest BCUT2D eigenvalue weighted by Gasteiger charge is -2.33. The van der Waals surface area contributed by atoms with E-state index in [1.165, 1.54) is 4.90 Å². The van der Waals surface area contributed by atoms with Gasteiger partial charge in [0.25, 0.3) is 0 Å². The second kappa shape index (κ2) is 6.23. The molecule has 1 atom stereocenters. The van der Waals surface area contributed by atoms with Gasteiger partial charge in [0.05, 0.1) is 6.04 Å². The molecule has 2 amide bonds. The van der Waals surface area contributed by atoms with Crippen molar-refractivity contribution in [1.29, 1.82) is 0 Å². The first-order valence-corrected chi connectivity index (χ1v) is 6.67. The molecule has 1 unspecified atom stereocenters. The first-order valence-electron chi connectivity index (χ1n) is 6.67. The fourth-order valence-electron chi connectivity index (χ4n) is 1.81. The summed E-state index contributed by atoms with van der Waals surface area (Å²) in [6, 6.07) is -0.138. The van der Waals surface area contributed by atoms with Crippen LogP contribution in [0.2, 0.25) is 0 Å². The van der Waals surface area contributed by atoms with Gasteiger partial charge in [0.2, 0.25) is 5.91 Å². The van der Waals surface area contributed by atoms with Crippen molar-refractivity contribution < 1.29 is 14.3 Å². The summed E-state index contributed by atoms with van der Waals surface area (Å²) in [6.07, 6.45) is -0.358. The Labute approximate surface area is 115 Å². The summed E-state index contributed by atoms with van der Waals surface area (Å²) in [6.45, 7) is 9.86. The first-order chi connectivity index (χ1) is 8.70. The third-order valence-electron chi connectivity index (χ3n) is 2.92. The maximum absolute atomic E-state index is 11.9. The standard InChI is InChI=1S/C13H25N3O3/c1-10-11(17)16(7-6-14-10)9-8-15(5)12(18)19-13(2,3)4/h10,14H,6-9H2,1-5H3. The van der Waals surface area contributed by atoms with E-state index < -0.39 is 5.60 Å². The van der Waals surface area contributed by atoms with Gasteiger partial charge in [0.1, 0.15) is 5.60 Å². The van der Waals surface area contributed by atoms with Crippen molar-refractivity contribution >= 4 is 12.0 Å². The Morgan fingerprint density at radius 1 is 1.53 bits per heavy atom. The van der Waals surface area contributed by atoms with E-state index in [-0.39, 0.29) is 18.0 Å². The Kier molecular flexibility index (Phi) is 5.17. The van der Waals surface area contributed by atoms with E-state index in [0.29, 0.717) is 19.6 Å². The van der Waals surface area contributed by atoms with Crippen molar-refractivity contribution in [3.05, 3.63) is 0 Å². The zero-order valence-corrected chi connectivity index (χ0v) is 12.5. The number of nitrogens with one attached hydrogen (secondary N) is 1. The van der Waals surface area contributed by atoms with Crippen LogP contribution in [0.15, 0.2) is 0 Å². The number of piperazine rings is 1. The van der Waals surface area contributed by atoms with Crippen LogP contribution in [0, 0.1) is 0 Å². The number of carbonyl (C=O) groups excluding carboxylic acids is 2. The SMILES string of the molecule is CC1NCCN(CCN(C)C(=O)OC(C)(C)C)C1=O. The van der Waals surface area contributed by atoms with E-state index in [1.807, 2.05) is 27.7 Å². The molecular weight excluding hydrogens is 246 g/mol. The highest BCUT2D eigenvalue weighted by molar-refractivity contribution is 5.82. The van der Waals surface area contributed by atoms with Gasteiger partial charge in [-0.3, -0.25) is 4.79 Å². The minimum absolute atomic E-state index is 0.0869. The summed E-state index contributed by atoms with van der Waals surface area (Å²) in [4.78, 5) is 26.9. The number of rotatable bonds is 3. The number of ether oxygens (including phenoxy) is 1. The average molecular weight is 271 g/mol. The van der Waals surface area contributed by atoms with Crippen LogP contribution in [0.4, 0.5) is 4.79 Å². The Balaban J connectivity index is 2.39. The molecule has 1 aliphatic heterocycles. The summed E-state index contributed by atoms with van der Waals surface area (Å²) >= 11 is 0. The second-order valence-corrected chi connectivity index (χ2v) is 5.90. The normalized spacial score (nSPS) is 20.4. The van der Waals surface area contributed by atoms with Gasteiger partial charge in [-0.05, 0) is 27.7 Å². The van der Waals surface area contributed by atoms with Gasteiger partial charge in [-0.25, -0.2) is 4.79 Å². The molecule has 1 heterocycles. The van der Waals surface area contributed by atoms with Crippen LogP contribution in [0.25, 0.3) is 0 Å². The molecule has 1 aliphatic rings. The molecule has 0 aromatic rings. The van der Waals surface area contributed by atoms with Gasteiger partial charge in [-0.1, -0.05) is 0 Å². The van der Waals surface area contributed by atoms with Crippen LogP contribution in [-0.4, -0.2) is 66.7 Å². The quantitative estimate of drug-likeness (QED) is 0.819. The lowest BCUT2D eigenvalue weighted by Crippen LogP contribution is -2.55. The number of amides is 2. The molecule has 6 nitrogen and oxygen atoms in total. The lowest BCUT2D eigenvalue weighted by molar-refractivity contribution is -0.135. The van der Waals surface area contributed by atoms with E-state index in [2.05, 4.69) is 5.32 Å². The number of hydrogen-bond donors (Lipinski definition) is 1. The molecule has 1 N–H and O–H groups in total. The Morgan fingerprint density at radius 3 is 2.74 bits per heavy atom. The number of hydrogen-bond acceptors (Lipinski definition) is 4. The zero-order chi connectivity index (χ0) is 14.6. The molecule has 1 rings (SSSR count). The first kappa shape index (κ1) is 15.8. The molecule has 0 radical (unpaired) electrons. The minimum Gasteiger partial charge on any atom is -0.444 e. The fourth-order valence-corrected chi connectivity index (χ4v) is 1.81. The van der Waals surface area contributed by atoms with E-state index in [0.717, 1.165) is 6.54 Å². The van der Waals surface area contributed by atoms with Crippen molar-refractivity contribution in [3.8, 4) is 0 Å². The van der Waals surface area contributed by atoms with E-state index >= 15 is 0 Å². The molecule has 19 heavy (non-hydrogen) atoms. The van der Waals surface area contributed by atoms with Crippen molar-refractivity contribution in [2.75, 3.05) is 33.2 Å². The smallest absolute Gasteiger partial charge is 0.410 e. The van der Waals surface area contributed by atoms with Crippen molar-refractivity contribution in [2.45, 2.75) is 39.3 Å². The predicted molar refractivity (Wildman–Crippen MR) is 72.9 cm³/mol. The van der Waals surface area contributed by atoms with Gasteiger partial charge in [-0.2, -0.15) is 0 Å². The van der Waals surface area contributed by atoms with Crippen LogP contribution >= 0.6 is 0 Å². The molecule has 1 saturated heterocycles. The summed E-state index contributed by atoms with van der Waals surface area (Å²) in [5.74, 6) is 0.0869. The predicted octanol–water partition coefficient (Wildman–Crippen LogP) is 0.674. The molecule has 0 aromatic heterocycles. The van der Waals surface area contributed by atoms with Crippen molar-refractivity contribution in [1.82, 2.24) is 15.1 Å². The zero-order valence-electron chi connectivity index (χ0n) is 12.5. The van der Waals surface area contributed by atoms with Crippen molar-refractivity contribution in [2.24, 2.45) is 0 Å². The maximum Gasteiger partial charge on any atom is 0.410 e. The van der Waals surface area contributed by atoms with Gasteiger partial charge in [0, 0.05) is 33.2 Å². The molecular formula is C13H25N3O3. The van der Waals surface area contributed by atoms with Crippen LogP contribution in [-0.2, 0) is 9.53 Å². The lowest BCUT2D eigenvalue weighted by atomic mass is 10.2. The highest BCUT2D eigenvalue weighted by Crippen LogP contribution is 2.09. The van der Waals surface area contributed by atoms with E-state index in [4.69, 9.17) is 4.74 Å². The van der Waals surface area contributed by atoms with Gasteiger partial charge in [0.15, 0.2) is 0 Å². The summed E-state index contributed by atoms with van der Waals surface area (Å²) in [5, 5.41) is 3.11. The molecule has 0 spiro atoms. The maximum atomic E-state index is 11.9. The van der Waals surface area contributed by atoms with E-state index in [1.54, 1.807) is 11.9 Å². The Morgan fingerprint density at radius 2 is 2.16 bits per heavy atom. The molecule has 0 aliphatic carbocycles. The number of nitrogens with zero attached hydrogens (tertiary/aromatic N) is 2. The van der Waals surface area contributed by atoms with E-state index in [9.17, 15) is 9.59 Å². The second-order valence-electron chi connectivity index (χ2n) is 5.90. The van der Waals surface area contributed by atoms with Crippen LogP contribution in [0.5, 0.6) is 0 Å². The third-order valence-corrected chi connectivity index (χ3v) is 2.92. The number of likely N-dealkylation sites (N-methyl/N-ethyl adjacent to an activating group) is 1. The molecule has 0 bridgehead atoms.